The number of carbonyl (C=O) groups excluding carboxylic acids is 2. The first kappa shape index (κ1) is 19.7. The number of aromatic nitrogens is 1. The van der Waals surface area contributed by atoms with Crippen LogP contribution >= 0.6 is 11.3 Å². The predicted octanol–water partition coefficient (Wildman–Crippen LogP) is 4.62. The number of rotatable bonds is 4. The zero-order chi connectivity index (χ0) is 21.2. The van der Waals surface area contributed by atoms with E-state index in [1.807, 2.05) is 71.6 Å². The second kappa shape index (κ2) is 8.47. The normalized spacial score (nSPS) is 14.8. The number of piperidine rings is 1. The van der Waals surface area contributed by atoms with E-state index in [4.69, 9.17) is 0 Å². The average molecular weight is 430 g/mol. The smallest absolute Gasteiger partial charge is 0.254 e. The molecule has 0 unspecified atom stereocenters. The van der Waals surface area contributed by atoms with Gasteiger partial charge in [-0.1, -0.05) is 48.5 Å². The van der Waals surface area contributed by atoms with Crippen LogP contribution in [0.15, 0.2) is 66.7 Å². The molecule has 31 heavy (non-hydrogen) atoms. The van der Waals surface area contributed by atoms with Crippen molar-refractivity contribution in [2.45, 2.75) is 19.4 Å². The van der Waals surface area contributed by atoms with Gasteiger partial charge in [0.1, 0.15) is 5.01 Å². The summed E-state index contributed by atoms with van der Waals surface area (Å²) in [7, 11) is 0. The molecule has 0 atom stereocenters. The zero-order valence-corrected chi connectivity index (χ0v) is 17.9. The molecule has 6 heteroatoms. The number of benzene rings is 3. The number of nitrogens with zero attached hydrogens (tertiary/aromatic N) is 2. The first-order chi connectivity index (χ1) is 15.2. The summed E-state index contributed by atoms with van der Waals surface area (Å²) in [5.74, 6) is 0.0348. The standard InChI is InChI=1S/C25H23N3O2S/c29-24(26-16-23-27-21-10-3-4-11-22(21)31-23)18-12-14-28(15-13-18)25(30)20-9-5-7-17-6-1-2-8-19(17)20/h1-11,18H,12-16H2,(H,26,29). The maximum Gasteiger partial charge on any atom is 0.254 e. The molecule has 2 amide bonds. The largest absolute Gasteiger partial charge is 0.349 e. The van der Waals surface area contributed by atoms with Crippen LogP contribution in [-0.4, -0.2) is 34.8 Å². The lowest BCUT2D eigenvalue weighted by Crippen LogP contribution is -2.43. The van der Waals surface area contributed by atoms with Gasteiger partial charge in [-0.3, -0.25) is 9.59 Å². The van der Waals surface area contributed by atoms with E-state index in [9.17, 15) is 9.59 Å². The minimum absolute atomic E-state index is 0.0464. The van der Waals surface area contributed by atoms with Crippen molar-refractivity contribution in [3.8, 4) is 0 Å². The molecule has 0 bridgehead atoms. The van der Waals surface area contributed by atoms with Crippen LogP contribution in [0.3, 0.4) is 0 Å². The summed E-state index contributed by atoms with van der Waals surface area (Å²) in [5, 5.41) is 5.99. The summed E-state index contributed by atoms with van der Waals surface area (Å²) in [6.07, 6.45) is 1.37. The van der Waals surface area contributed by atoms with Crippen molar-refractivity contribution in [3.63, 3.8) is 0 Å². The lowest BCUT2D eigenvalue weighted by atomic mass is 9.95. The SMILES string of the molecule is O=C(NCc1nc2ccccc2s1)C1CCN(C(=O)c2cccc3ccccc23)CC1. The van der Waals surface area contributed by atoms with Crippen LogP contribution in [0.4, 0.5) is 0 Å². The molecular formula is C25H23N3O2S. The molecule has 0 radical (unpaired) electrons. The topological polar surface area (TPSA) is 62.3 Å². The molecule has 0 aliphatic carbocycles. The van der Waals surface area contributed by atoms with Gasteiger partial charge >= 0.3 is 0 Å². The van der Waals surface area contributed by atoms with E-state index in [2.05, 4.69) is 10.3 Å². The maximum absolute atomic E-state index is 13.1. The lowest BCUT2D eigenvalue weighted by molar-refractivity contribution is -0.126. The summed E-state index contributed by atoms with van der Waals surface area (Å²) in [6.45, 7) is 1.65. The van der Waals surface area contributed by atoms with Crippen LogP contribution in [-0.2, 0) is 11.3 Å². The van der Waals surface area contributed by atoms with Gasteiger partial charge in [-0.15, -0.1) is 11.3 Å². The second-order valence-corrected chi connectivity index (χ2v) is 9.00. The molecule has 1 N–H and O–H groups in total. The van der Waals surface area contributed by atoms with Crippen LogP contribution < -0.4 is 5.32 Å². The number of carbonyl (C=O) groups is 2. The molecule has 156 valence electrons. The van der Waals surface area contributed by atoms with Gasteiger partial charge in [0.05, 0.1) is 16.8 Å². The van der Waals surface area contributed by atoms with Crippen molar-refractivity contribution in [2.75, 3.05) is 13.1 Å². The van der Waals surface area contributed by atoms with Crippen LogP contribution in [0.1, 0.15) is 28.2 Å². The Bertz CT molecular complexity index is 1220. The first-order valence-corrected chi connectivity index (χ1v) is 11.4. The molecule has 1 saturated heterocycles. The van der Waals surface area contributed by atoms with E-state index in [1.165, 1.54) is 0 Å². The molecule has 1 fully saturated rings. The highest BCUT2D eigenvalue weighted by Gasteiger charge is 2.28. The Kier molecular flexibility index (Phi) is 5.38. The Labute approximate surface area is 184 Å². The van der Waals surface area contributed by atoms with Crippen molar-refractivity contribution >= 4 is 44.1 Å². The van der Waals surface area contributed by atoms with Crippen molar-refractivity contribution in [1.82, 2.24) is 15.2 Å². The Morgan fingerprint density at radius 2 is 1.71 bits per heavy atom. The fraction of sp³-hybridized carbons (Fsp3) is 0.240. The van der Waals surface area contributed by atoms with E-state index in [0.29, 0.717) is 32.5 Å². The molecule has 1 aliphatic heterocycles. The van der Waals surface area contributed by atoms with Gasteiger partial charge in [0.15, 0.2) is 0 Å². The van der Waals surface area contributed by atoms with E-state index in [-0.39, 0.29) is 17.7 Å². The number of amides is 2. The van der Waals surface area contributed by atoms with E-state index in [1.54, 1.807) is 11.3 Å². The molecule has 1 aromatic heterocycles. The van der Waals surface area contributed by atoms with Crippen molar-refractivity contribution in [3.05, 3.63) is 77.3 Å². The average Bonchev–Trinajstić information content (AvgIpc) is 3.25. The quantitative estimate of drug-likeness (QED) is 0.515. The molecule has 1 aliphatic rings. The fourth-order valence-corrected chi connectivity index (χ4v) is 5.14. The maximum atomic E-state index is 13.1. The first-order valence-electron chi connectivity index (χ1n) is 10.6. The van der Waals surface area contributed by atoms with Gasteiger partial charge in [0, 0.05) is 24.6 Å². The van der Waals surface area contributed by atoms with Gasteiger partial charge in [-0.25, -0.2) is 4.98 Å². The number of hydrogen-bond acceptors (Lipinski definition) is 4. The van der Waals surface area contributed by atoms with Crippen molar-refractivity contribution in [1.29, 1.82) is 0 Å². The molecule has 5 rings (SSSR count). The Balaban J connectivity index is 1.18. The van der Waals surface area contributed by atoms with Gasteiger partial charge in [0.2, 0.25) is 5.91 Å². The molecule has 5 nitrogen and oxygen atoms in total. The molecule has 4 aromatic rings. The third-order valence-electron chi connectivity index (χ3n) is 5.93. The highest BCUT2D eigenvalue weighted by molar-refractivity contribution is 7.18. The molecule has 0 saturated carbocycles. The molecule has 3 aromatic carbocycles. The molecule has 2 heterocycles. The van der Waals surface area contributed by atoms with Gasteiger partial charge in [-0.2, -0.15) is 0 Å². The Hall–Kier alpha value is -3.25. The highest BCUT2D eigenvalue weighted by atomic mass is 32.1. The predicted molar refractivity (Wildman–Crippen MR) is 124 cm³/mol. The number of nitrogens with one attached hydrogen (secondary N) is 1. The number of para-hydroxylation sites is 1. The summed E-state index contributed by atoms with van der Waals surface area (Å²) < 4.78 is 1.13. The van der Waals surface area contributed by atoms with Gasteiger partial charge in [0.25, 0.3) is 5.91 Å². The fourth-order valence-electron chi connectivity index (χ4n) is 4.23. The highest BCUT2D eigenvalue weighted by Crippen LogP contribution is 2.25. The van der Waals surface area contributed by atoms with E-state index >= 15 is 0 Å². The number of likely N-dealkylation sites (tertiary alicyclic amines) is 1. The second-order valence-electron chi connectivity index (χ2n) is 7.89. The van der Waals surface area contributed by atoms with Crippen LogP contribution in [0.5, 0.6) is 0 Å². The van der Waals surface area contributed by atoms with Crippen LogP contribution in [0, 0.1) is 5.92 Å². The summed E-state index contributed by atoms with van der Waals surface area (Å²) in [6, 6.07) is 21.8. The van der Waals surface area contributed by atoms with E-state index < -0.39 is 0 Å². The van der Waals surface area contributed by atoms with Crippen molar-refractivity contribution in [2.24, 2.45) is 5.92 Å². The third-order valence-corrected chi connectivity index (χ3v) is 6.96. The lowest BCUT2D eigenvalue weighted by Gasteiger charge is -2.31. The Morgan fingerprint density at radius 3 is 2.55 bits per heavy atom. The minimum Gasteiger partial charge on any atom is -0.349 e. The third kappa shape index (κ3) is 4.03. The molecular weight excluding hydrogens is 406 g/mol. The van der Waals surface area contributed by atoms with Crippen LogP contribution in [0.2, 0.25) is 0 Å². The van der Waals surface area contributed by atoms with E-state index in [0.717, 1.165) is 31.6 Å². The number of fused-ring (bicyclic) bond motifs is 2. The minimum atomic E-state index is -0.0639. The van der Waals surface area contributed by atoms with Gasteiger partial charge in [-0.05, 0) is 41.8 Å². The zero-order valence-electron chi connectivity index (χ0n) is 17.1. The number of hydrogen-bond donors (Lipinski definition) is 1. The van der Waals surface area contributed by atoms with Crippen molar-refractivity contribution < 1.29 is 9.59 Å². The summed E-state index contributed by atoms with van der Waals surface area (Å²) >= 11 is 1.61. The van der Waals surface area contributed by atoms with Crippen LogP contribution in [0.25, 0.3) is 21.0 Å². The summed E-state index contributed by atoms with van der Waals surface area (Å²) in [5.41, 5.74) is 1.70. The summed E-state index contributed by atoms with van der Waals surface area (Å²) in [4.78, 5) is 32.2. The molecule has 0 spiro atoms. The Morgan fingerprint density at radius 1 is 0.968 bits per heavy atom. The monoisotopic (exact) mass is 429 g/mol. The number of thiazole rings is 1. The van der Waals surface area contributed by atoms with Gasteiger partial charge < -0.3 is 10.2 Å².